The molecule has 0 bridgehead atoms. The highest BCUT2D eigenvalue weighted by Crippen LogP contribution is 2.31. The molecule has 3 nitrogen and oxygen atoms in total. The van der Waals surface area contributed by atoms with Gasteiger partial charge in [-0.3, -0.25) is 4.79 Å². The van der Waals surface area contributed by atoms with Gasteiger partial charge in [0.1, 0.15) is 0 Å². The van der Waals surface area contributed by atoms with Crippen LogP contribution in [-0.2, 0) is 0 Å². The van der Waals surface area contributed by atoms with Crippen LogP contribution in [0.3, 0.4) is 0 Å². The highest BCUT2D eigenvalue weighted by Gasteiger charge is 2.17. The van der Waals surface area contributed by atoms with E-state index in [2.05, 4.69) is 4.90 Å². The summed E-state index contributed by atoms with van der Waals surface area (Å²) in [4.78, 5) is 13.3. The highest BCUT2D eigenvalue weighted by atomic mass is 31.0. The van der Waals surface area contributed by atoms with Gasteiger partial charge in [-0.1, -0.05) is 0 Å². The third-order valence-electron chi connectivity index (χ3n) is 2.42. The molecule has 1 saturated heterocycles. The van der Waals surface area contributed by atoms with Crippen LogP contribution in [0.25, 0.3) is 0 Å². The van der Waals surface area contributed by atoms with Gasteiger partial charge in [0.2, 0.25) is 0 Å². The van der Waals surface area contributed by atoms with Gasteiger partial charge in [-0.15, -0.1) is 8.19 Å². The van der Waals surface area contributed by atoms with Gasteiger partial charge < -0.3 is 10.6 Å². The Labute approximate surface area is 79.0 Å². The number of carbonyl (C=O) groups excluding carboxylic acids is 1. The van der Waals surface area contributed by atoms with Gasteiger partial charge in [-0.05, 0) is 24.7 Å². The molecule has 0 aliphatic carbocycles. The van der Waals surface area contributed by atoms with Crippen molar-refractivity contribution in [3.05, 3.63) is 17.2 Å². The lowest BCUT2D eigenvalue weighted by Crippen LogP contribution is -2.21. The van der Waals surface area contributed by atoms with Gasteiger partial charge in [0.05, 0.1) is 11.0 Å². The van der Waals surface area contributed by atoms with Gasteiger partial charge in [-0.25, -0.2) is 0 Å². The van der Waals surface area contributed by atoms with Crippen molar-refractivity contribution in [3.8, 4) is 0 Å². The van der Waals surface area contributed by atoms with E-state index in [9.17, 15) is 4.79 Å². The predicted octanol–water partition coefficient (Wildman–Crippen LogP) is 1.42. The van der Waals surface area contributed by atoms with E-state index in [1.165, 1.54) is 12.8 Å². The summed E-state index contributed by atoms with van der Waals surface area (Å²) >= 11 is 0. The highest BCUT2D eigenvalue weighted by molar-refractivity contribution is 7.32. The Balaban J connectivity index is 2.28. The van der Waals surface area contributed by atoms with Crippen LogP contribution in [0.5, 0.6) is 0 Å². The molecule has 0 aromatic carbocycles. The largest absolute Gasteiger partial charge is 0.371 e. The zero-order chi connectivity index (χ0) is 9.26. The number of hydrogen-bond acceptors (Lipinski definition) is 2. The molecule has 1 unspecified atom stereocenters. The molecule has 70 valence electrons. The van der Waals surface area contributed by atoms with Crippen LogP contribution in [0.15, 0.2) is 11.9 Å². The van der Waals surface area contributed by atoms with Gasteiger partial charge in [0.15, 0.2) is 0 Å². The number of hydrogen-bond donors (Lipinski definition) is 1. The third-order valence-corrected chi connectivity index (χ3v) is 3.54. The number of anilines is 1. The average molecular weight is 196 g/mol. The molecule has 0 radical (unpaired) electrons. The molecule has 4 heteroatoms. The normalized spacial score (nSPS) is 17.1. The van der Waals surface area contributed by atoms with E-state index in [0.717, 1.165) is 24.1 Å². The van der Waals surface area contributed by atoms with Crippen LogP contribution in [0, 0.1) is 0 Å². The van der Waals surface area contributed by atoms with Crippen molar-refractivity contribution < 1.29 is 4.79 Å². The summed E-state index contributed by atoms with van der Waals surface area (Å²) in [5, 5.41) is 0.807. The van der Waals surface area contributed by atoms with Crippen molar-refractivity contribution in [2.45, 2.75) is 12.8 Å². The lowest BCUT2D eigenvalue weighted by Gasteiger charge is -2.16. The Morgan fingerprint density at radius 1 is 1.46 bits per heavy atom. The minimum Gasteiger partial charge on any atom is -0.371 e. The molecular formula is C9H13N2OP. The second-order valence-electron chi connectivity index (χ2n) is 3.30. The first-order valence-electron chi connectivity index (χ1n) is 4.51. The van der Waals surface area contributed by atoms with E-state index in [4.69, 9.17) is 5.73 Å². The maximum absolute atomic E-state index is 11.1. The van der Waals surface area contributed by atoms with Gasteiger partial charge in [-0.2, -0.15) is 0 Å². The minimum atomic E-state index is -0.259. The zero-order valence-corrected chi connectivity index (χ0v) is 8.42. The summed E-state index contributed by atoms with van der Waals surface area (Å²) in [5.74, 6) is 1.78. The maximum atomic E-state index is 11.1. The van der Waals surface area contributed by atoms with Crippen LogP contribution < -0.4 is 10.6 Å². The topological polar surface area (TPSA) is 46.3 Å². The first-order chi connectivity index (χ1) is 6.29. The number of amides is 1. The molecule has 1 atom stereocenters. The summed E-state index contributed by atoms with van der Waals surface area (Å²) in [6.45, 7) is 2.14. The molecule has 13 heavy (non-hydrogen) atoms. The second kappa shape index (κ2) is 3.43. The van der Waals surface area contributed by atoms with Crippen molar-refractivity contribution in [1.29, 1.82) is 0 Å². The van der Waals surface area contributed by atoms with E-state index in [-0.39, 0.29) is 5.91 Å². The molecule has 2 rings (SSSR count). The summed E-state index contributed by atoms with van der Waals surface area (Å²) < 4.78 is 0. The molecule has 1 aromatic rings. The zero-order valence-electron chi connectivity index (χ0n) is 7.42. The predicted molar refractivity (Wildman–Crippen MR) is 55.9 cm³/mol. The second-order valence-corrected chi connectivity index (χ2v) is 4.42. The van der Waals surface area contributed by atoms with Crippen LogP contribution in [-0.4, -0.2) is 19.0 Å². The lowest BCUT2D eigenvalue weighted by molar-refractivity contribution is 0.100. The standard InChI is InChI=1S/C9H13N2OP/c10-9(12)8-7(3-6-13-8)11-4-1-2-5-11/h3,6,13H,1-2,4-5H2,(H2,10,12). The molecule has 1 aromatic heterocycles. The molecule has 2 heterocycles. The lowest BCUT2D eigenvalue weighted by atomic mass is 10.3. The van der Waals surface area contributed by atoms with E-state index >= 15 is 0 Å². The number of carbonyl (C=O) groups is 1. The molecule has 2 N–H and O–H groups in total. The van der Waals surface area contributed by atoms with E-state index < -0.39 is 0 Å². The third kappa shape index (κ3) is 1.56. The Morgan fingerprint density at radius 2 is 2.15 bits per heavy atom. The fourth-order valence-corrected chi connectivity index (χ4v) is 2.72. The van der Waals surface area contributed by atoms with Crippen molar-refractivity contribution in [1.82, 2.24) is 0 Å². The summed E-state index contributed by atoms with van der Waals surface area (Å²) in [6, 6.07) is 2.03. The number of nitrogens with two attached hydrogens (primary N) is 1. The SMILES string of the molecule is NC(=O)c1[pH]ccc1N1CCCC1. The molecule has 1 amide bonds. The minimum absolute atomic E-state index is 0.259. The van der Waals surface area contributed by atoms with Crippen molar-refractivity contribution in [2.75, 3.05) is 18.0 Å². The molecular weight excluding hydrogens is 183 g/mol. The van der Waals surface area contributed by atoms with E-state index in [0.29, 0.717) is 8.19 Å². The molecule has 0 saturated carbocycles. The Hall–Kier alpha value is -0.950. The summed E-state index contributed by atoms with van der Waals surface area (Å²) in [6.07, 6.45) is 2.46. The fourth-order valence-electron chi connectivity index (χ4n) is 1.78. The molecule has 1 fully saturated rings. The average Bonchev–Trinajstić information content (AvgIpc) is 2.74. The first-order valence-corrected chi connectivity index (χ1v) is 5.59. The number of rotatable bonds is 2. The van der Waals surface area contributed by atoms with Crippen molar-refractivity contribution in [3.63, 3.8) is 0 Å². The first kappa shape index (κ1) is 8.64. The Bertz CT molecular complexity index is 315. The van der Waals surface area contributed by atoms with Crippen LogP contribution in [0.4, 0.5) is 5.69 Å². The van der Waals surface area contributed by atoms with Crippen LogP contribution in [0.1, 0.15) is 22.9 Å². The van der Waals surface area contributed by atoms with E-state index in [1.54, 1.807) is 0 Å². The van der Waals surface area contributed by atoms with Gasteiger partial charge in [0.25, 0.3) is 5.91 Å². The van der Waals surface area contributed by atoms with Crippen molar-refractivity contribution >= 4 is 19.8 Å². The molecule has 1 aliphatic rings. The van der Waals surface area contributed by atoms with E-state index in [1.807, 2.05) is 11.9 Å². The quantitative estimate of drug-likeness (QED) is 0.777. The number of nitrogens with zero attached hydrogens (tertiary/aromatic N) is 1. The molecule has 1 aliphatic heterocycles. The fraction of sp³-hybridized carbons (Fsp3) is 0.444. The summed E-state index contributed by atoms with van der Waals surface area (Å²) in [5.41, 5.74) is 6.37. The van der Waals surface area contributed by atoms with Crippen molar-refractivity contribution in [2.24, 2.45) is 5.73 Å². The van der Waals surface area contributed by atoms with Crippen LogP contribution in [0.2, 0.25) is 0 Å². The Kier molecular flexibility index (Phi) is 2.28. The van der Waals surface area contributed by atoms with Gasteiger partial charge >= 0.3 is 0 Å². The smallest absolute Gasteiger partial charge is 0.254 e. The van der Waals surface area contributed by atoms with Gasteiger partial charge in [0, 0.05) is 13.1 Å². The number of primary amides is 1. The summed E-state index contributed by atoms with van der Waals surface area (Å²) in [7, 11) is 0.470. The molecule has 0 spiro atoms. The monoisotopic (exact) mass is 196 g/mol. The maximum Gasteiger partial charge on any atom is 0.254 e. The van der Waals surface area contributed by atoms with Crippen LogP contribution >= 0.6 is 8.19 Å². The Morgan fingerprint density at radius 3 is 2.77 bits per heavy atom.